The van der Waals surface area contributed by atoms with Gasteiger partial charge in [0.1, 0.15) is 17.2 Å². The predicted molar refractivity (Wildman–Crippen MR) is 81.9 cm³/mol. The largest absolute Gasteiger partial charge is 0.376 e. The van der Waals surface area contributed by atoms with E-state index in [-0.39, 0.29) is 11.9 Å². The van der Waals surface area contributed by atoms with Gasteiger partial charge in [-0.1, -0.05) is 12.1 Å². The number of hydrogen-bond acceptors (Lipinski definition) is 3. The molecule has 0 bridgehead atoms. The van der Waals surface area contributed by atoms with Gasteiger partial charge in [0, 0.05) is 18.4 Å². The standard InChI is InChI=1S/C17H16FN3O/c18-13-5-1-4-12(10-13)16-20-15-7-2-8-19-17(15)21(16)11-14-6-3-9-22-14/h1-2,4-5,7-8,10,14H,3,6,9,11H2. The molecule has 0 spiro atoms. The molecule has 112 valence electrons. The van der Waals surface area contributed by atoms with Crippen LogP contribution >= 0.6 is 0 Å². The number of aromatic nitrogens is 3. The summed E-state index contributed by atoms with van der Waals surface area (Å²) in [5.41, 5.74) is 2.40. The summed E-state index contributed by atoms with van der Waals surface area (Å²) in [6, 6.07) is 10.3. The second kappa shape index (κ2) is 5.50. The van der Waals surface area contributed by atoms with Crippen LogP contribution in [0.3, 0.4) is 0 Å². The molecule has 0 saturated carbocycles. The smallest absolute Gasteiger partial charge is 0.160 e. The molecule has 1 atom stereocenters. The third-order valence-corrected chi connectivity index (χ3v) is 4.00. The van der Waals surface area contributed by atoms with E-state index in [1.54, 1.807) is 12.3 Å². The zero-order valence-corrected chi connectivity index (χ0v) is 12.1. The molecule has 22 heavy (non-hydrogen) atoms. The van der Waals surface area contributed by atoms with Gasteiger partial charge in [0.25, 0.3) is 0 Å². The van der Waals surface area contributed by atoms with Crippen molar-refractivity contribution in [1.29, 1.82) is 0 Å². The highest BCUT2D eigenvalue weighted by atomic mass is 19.1. The van der Waals surface area contributed by atoms with E-state index in [9.17, 15) is 4.39 Å². The molecule has 3 heterocycles. The lowest BCUT2D eigenvalue weighted by atomic mass is 10.2. The van der Waals surface area contributed by atoms with Crippen LogP contribution in [0.15, 0.2) is 42.6 Å². The maximum Gasteiger partial charge on any atom is 0.160 e. The fourth-order valence-corrected chi connectivity index (χ4v) is 2.97. The molecule has 0 radical (unpaired) electrons. The Morgan fingerprint density at radius 1 is 1.27 bits per heavy atom. The molecule has 0 amide bonds. The van der Waals surface area contributed by atoms with Gasteiger partial charge in [-0.05, 0) is 37.1 Å². The average molecular weight is 297 g/mol. The van der Waals surface area contributed by atoms with Gasteiger partial charge in [0.15, 0.2) is 5.65 Å². The summed E-state index contributed by atoms with van der Waals surface area (Å²) in [4.78, 5) is 9.09. The van der Waals surface area contributed by atoms with E-state index >= 15 is 0 Å². The van der Waals surface area contributed by atoms with Gasteiger partial charge >= 0.3 is 0 Å². The normalized spacial score (nSPS) is 18.1. The summed E-state index contributed by atoms with van der Waals surface area (Å²) in [7, 11) is 0. The molecule has 1 aliphatic heterocycles. The van der Waals surface area contributed by atoms with Gasteiger partial charge in [0.2, 0.25) is 0 Å². The van der Waals surface area contributed by atoms with Crippen molar-refractivity contribution in [3.63, 3.8) is 0 Å². The maximum atomic E-state index is 13.6. The van der Waals surface area contributed by atoms with Crippen molar-refractivity contribution in [2.45, 2.75) is 25.5 Å². The first-order valence-corrected chi connectivity index (χ1v) is 7.50. The minimum atomic E-state index is -0.263. The molecule has 1 fully saturated rings. The van der Waals surface area contributed by atoms with Crippen molar-refractivity contribution >= 4 is 11.2 Å². The van der Waals surface area contributed by atoms with Gasteiger partial charge < -0.3 is 9.30 Å². The van der Waals surface area contributed by atoms with Crippen LogP contribution in [0, 0.1) is 5.82 Å². The number of nitrogens with zero attached hydrogens (tertiary/aromatic N) is 3. The number of imidazole rings is 1. The third kappa shape index (κ3) is 2.37. The fraction of sp³-hybridized carbons (Fsp3) is 0.294. The Bertz CT molecular complexity index is 809. The van der Waals surface area contributed by atoms with E-state index in [0.717, 1.165) is 42.0 Å². The van der Waals surface area contributed by atoms with Crippen LogP contribution in [-0.4, -0.2) is 27.2 Å². The Labute approximate surface area is 127 Å². The molecular weight excluding hydrogens is 281 g/mol. The van der Waals surface area contributed by atoms with Crippen molar-refractivity contribution in [1.82, 2.24) is 14.5 Å². The number of rotatable bonds is 3. The number of benzene rings is 1. The van der Waals surface area contributed by atoms with Crippen LogP contribution in [0.2, 0.25) is 0 Å². The molecule has 0 aliphatic carbocycles. The van der Waals surface area contributed by atoms with Crippen molar-refractivity contribution < 1.29 is 9.13 Å². The van der Waals surface area contributed by atoms with Crippen molar-refractivity contribution in [3.05, 3.63) is 48.4 Å². The van der Waals surface area contributed by atoms with Gasteiger partial charge in [-0.2, -0.15) is 0 Å². The lowest BCUT2D eigenvalue weighted by molar-refractivity contribution is 0.0981. The summed E-state index contributed by atoms with van der Waals surface area (Å²) in [5.74, 6) is 0.477. The van der Waals surface area contributed by atoms with E-state index in [4.69, 9.17) is 4.74 Å². The van der Waals surface area contributed by atoms with E-state index in [0.29, 0.717) is 6.54 Å². The summed E-state index contributed by atoms with van der Waals surface area (Å²) in [5, 5.41) is 0. The van der Waals surface area contributed by atoms with Crippen LogP contribution in [0.5, 0.6) is 0 Å². The van der Waals surface area contributed by atoms with E-state index < -0.39 is 0 Å². The number of fused-ring (bicyclic) bond motifs is 1. The summed E-state index contributed by atoms with van der Waals surface area (Å²) < 4.78 is 21.3. The molecule has 1 saturated heterocycles. The monoisotopic (exact) mass is 297 g/mol. The topological polar surface area (TPSA) is 39.9 Å². The molecule has 1 aliphatic rings. The third-order valence-electron chi connectivity index (χ3n) is 4.00. The Balaban J connectivity index is 1.85. The van der Waals surface area contributed by atoms with E-state index in [2.05, 4.69) is 9.97 Å². The molecule has 4 rings (SSSR count). The Morgan fingerprint density at radius 3 is 3.05 bits per heavy atom. The molecule has 1 aromatic carbocycles. The van der Waals surface area contributed by atoms with Crippen molar-refractivity contribution in [2.75, 3.05) is 6.61 Å². The highest BCUT2D eigenvalue weighted by Gasteiger charge is 2.21. The van der Waals surface area contributed by atoms with Crippen LogP contribution in [0.25, 0.3) is 22.6 Å². The predicted octanol–water partition coefficient (Wildman–Crippen LogP) is 3.42. The lowest BCUT2D eigenvalue weighted by Gasteiger charge is -2.13. The van der Waals surface area contributed by atoms with E-state index in [1.165, 1.54) is 12.1 Å². The molecule has 3 aromatic rings. The number of ether oxygens (including phenoxy) is 1. The van der Waals surface area contributed by atoms with Gasteiger partial charge in [-0.3, -0.25) is 0 Å². The molecule has 4 nitrogen and oxygen atoms in total. The maximum absolute atomic E-state index is 13.6. The fourth-order valence-electron chi connectivity index (χ4n) is 2.97. The van der Waals surface area contributed by atoms with Gasteiger partial charge in [-0.25, -0.2) is 14.4 Å². The van der Waals surface area contributed by atoms with Crippen LogP contribution < -0.4 is 0 Å². The minimum absolute atomic E-state index is 0.173. The number of hydrogen-bond donors (Lipinski definition) is 0. The first-order chi connectivity index (χ1) is 10.8. The molecule has 0 N–H and O–H groups in total. The van der Waals surface area contributed by atoms with Crippen molar-refractivity contribution in [3.8, 4) is 11.4 Å². The second-order valence-electron chi connectivity index (χ2n) is 5.54. The molecule has 5 heteroatoms. The number of halogens is 1. The molecule has 2 aromatic heterocycles. The lowest BCUT2D eigenvalue weighted by Crippen LogP contribution is -2.16. The van der Waals surface area contributed by atoms with Gasteiger partial charge in [0.05, 0.1) is 12.6 Å². The van der Waals surface area contributed by atoms with Crippen LogP contribution in [0.4, 0.5) is 4.39 Å². The van der Waals surface area contributed by atoms with Gasteiger partial charge in [-0.15, -0.1) is 0 Å². The Hall–Kier alpha value is -2.27. The summed E-state index contributed by atoms with van der Waals surface area (Å²) in [6.07, 6.45) is 4.05. The average Bonchev–Trinajstić information content (AvgIpc) is 3.16. The Morgan fingerprint density at radius 2 is 2.23 bits per heavy atom. The second-order valence-corrected chi connectivity index (χ2v) is 5.54. The summed E-state index contributed by atoms with van der Waals surface area (Å²) in [6.45, 7) is 1.50. The highest BCUT2D eigenvalue weighted by Crippen LogP contribution is 2.26. The molecule has 1 unspecified atom stereocenters. The zero-order valence-electron chi connectivity index (χ0n) is 12.1. The first-order valence-electron chi connectivity index (χ1n) is 7.50. The SMILES string of the molecule is Fc1cccc(-c2nc3cccnc3n2CC2CCCO2)c1. The van der Waals surface area contributed by atoms with Crippen molar-refractivity contribution in [2.24, 2.45) is 0 Å². The quantitative estimate of drug-likeness (QED) is 0.743. The first kappa shape index (κ1) is 13.4. The minimum Gasteiger partial charge on any atom is -0.376 e. The summed E-state index contributed by atoms with van der Waals surface area (Å²) >= 11 is 0. The van der Waals surface area contributed by atoms with Crippen LogP contribution in [0.1, 0.15) is 12.8 Å². The number of pyridine rings is 1. The highest BCUT2D eigenvalue weighted by molar-refractivity contribution is 5.77. The van der Waals surface area contributed by atoms with E-state index in [1.807, 2.05) is 22.8 Å². The molecular formula is C17H16FN3O. The Kier molecular flexibility index (Phi) is 3.35. The zero-order chi connectivity index (χ0) is 14.9. The van der Waals surface area contributed by atoms with Crippen LogP contribution in [-0.2, 0) is 11.3 Å².